The third-order valence-electron chi connectivity index (χ3n) is 3.17. The van der Waals surface area contributed by atoms with Crippen molar-refractivity contribution in [1.82, 2.24) is 4.72 Å². The molecule has 0 aliphatic rings. The van der Waals surface area contributed by atoms with Crippen LogP contribution >= 0.6 is 11.6 Å². The lowest BCUT2D eigenvalue weighted by Crippen LogP contribution is -2.23. The second kappa shape index (κ2) is 7.65. The van der Waals surface area contributed by atoms with Crippen molar-refractivity contribution in [2.45, 2.75) is 18.4 Å². The van der Waals surface area contributed by atoms with Gasteiger partial charge in [-0.2, -0.15) is 0 Å². The van der Waals surface area contributed by atoms with Crippen molar-refractivity contribution in [2.24, 2.45) is 0 Å². The fraction of sp³-hybridized carbons (Fsp3) is 0.188. The number of amides is 1. The number of sulfonamides is 1. The number of carbonyl (C=O) groups excluding carboxylic acids is 1. The van der Waals surface area contributed by atoms with Crippen LogP contribution in [0.5, 0.6) is 5.75 Å². The van der Waals surface area contributed by atoms with E-state index in [9.17, 15) is 13.2 Å². The summed E-state index contributed by atoms with van der Waals surface area (Å²) < 4.78 is 32.5. The molecule has 0 saturated heterocycles. The quantitative estimate of drug-likeness (QED) is 0.821. The fourth-order valence-corrected chi connectivity index (χ4v) is 3.18. The molecule has 0 aliphatic heterocycles. The van der Waals surface area contributed by atoms with Gasteiger partial charge in [0.2, 0.25) is 15.9 Å². The van der Waals surface area contributed by atoms with Crippen molar-refractivity contribution in [3.63, 3.8) is 0 Å². The van der Waals surface area contributed by atoms with Crippen LogP contribution in [-0.2, 0) is 21.4 Å². The highest BCUT2D eigenvalue weighted by atomic mass is 35.5. The van der Waals surface area contributed by atoms with E-state index in [1.807, 2.05) is 0 Å². The zero-order chi connectivity index (χ0) is 17.7. The summed E-state index contributed by atoms with van der Waals surface area (Å²) >= 11 is 5.80. The summed E-state index contributed by atoms with van der Waals surface area (Å²) in [7, 11) is -2.30. The lowest BCUT2D eigenvalue weighted by atomic mass is 10.2. The molecule has 2 aromatic carbocycles. The second-order valence-corrected chi connectivity index (χ2v) is 7.20. The van der Waals surface area contributed by atoms with Crippen molar-refractivity contribution in [3.05, 3.63) is 53.1 Å². The van der Waals surface area contributed by atoms with Crippen LogP contribution in [0.15, 0.2) is 47.4 Å². The maximum Gasteiger partial charge on any atom is 0.240 e. The third-order valence-corrected chi connectivity index (χ3v) is 4.82. The SMILES string of the molecule is COc1ccc(S(=O)(=O)NCc2ccc(Cl)cc2)cc1NC(C)=O. The molecule has 8 heteroatoms. The molecule has 0 bridgehead atoms. The number of anilines is 1. The highest BCUT2D eigenvalue weighted by molar-refractivity contribution is 7.89. The molecule has 2 aromatic rings. The predicted octanol–water partition coefficient (Wildman–Crippen LogP) is 2.79. The molecule has 6 nitrogen and oxygen atoms in total. The number of methoxy groups -OCH3 is 1. The van der Waals surface area contributed by atoms with Crippen LogP contribution in [0.25, 0.3) is 0 Å². The lowest BCUT2D eigenvalue weighted by molar-refractivity contribution is -0.114. The highest BCUT2D eigenvalue weighted by Gasteiger charge is 2.17. The summed E-state index contributed by atoms with van der Waals surface area (Å²) in [6.45, 7) is 1.46. The number of ether oxygens (including phenoxy) is 1. The Balaban J connectivity index is 2.21. The van der Waals surface area contributed by atoms with E-state index < -0.39 is 10.0 Å². The van der Waals surface area contributed by atoms with Crippen LogP contribution in [0.1, 0.15) is 12.5 Å². The summed E-state index contributed by atoms with van der Waals surface area (Å²) in [5.41, 5.74) is 1.07. The van der Waals surface area contributed by atoms with Gasteiger partial charge in [-0.1, -0.05) is 23.7 Å². The third kappa shape index (κ3) is 4.70. The Morgan fingerprint density at radius 3 is 2.42 bits per heavy atom. The first-order valence-electron chi connectivity index (χ1n) is 7.01. The second-order valence-electron chi connectivity index (χ2n) is 4.99. The average Bonchev–Trinajstić information content (AvgIpc) is 2.54. The van der Waals surface area contributed by atoms with Crippen LogP contribution in [0.3, 0.4) is 0 Å². The van der Waals surface area contributed by atoms with E-state index in [2.05, 4.69) is 10.0 Å². The first-order chi connectivity index (χ1) is 11.3. The van der Waals surface area contributed by atoms with Gasteiger partial charge in [-0.25, -0.2) is 13.1 Å². The molecule has 128 valence electrons. The summed E-state index contributed by atoms with van der Waals surface area (Å²) in [6, 6.07) is 11.1. The molecule has 0 aliphatic carbocycles. The van der Waals surface area contributed by atoms with E-state index in [0.717, 1.165) is 5.56 Å². The van der Waals surface area contributed by atoms with E-state index in [4.69, 9.17) is 16.3 Å². The molecule has 0 spiro atoms. The number of benzene rings is 2. The largest absolute Gasteiger partial charge is 0.495 e. The molecule has 2 N–H and O–H groups in total. The molecular weight excluding hydrogens is 352 g/mol. The molecule has 0 radical (unpaired) electrons. The van der Waals surface area contributed by atoms with Gasteiger partial charge in [0.15, 0.2) is 0 Å². The van der Waals surface area contributed by atoms with Gasteiger partial charge in [0.05, 0.1) is 17.7 Å². The Labute approximate surface area is 145 Å². The molecule has 24 heavy (non-hydrogen) atoms. The summed E-state index contributed by atoms with van der Waals surface area (Å²) in [5, 5.41) is 3.13. The number of hydrogen-bond acceptors (Lipinski definition) is 4. The normalized spacial score (nSPS) is 11.1. The molecule has 2 rings (SSSR count). The van der Waals surface area contributed by atoms with Gasteiger partial charge >= 0.3 is 0 Å². The zero-order valence-corrected chi connectivity index (χ0v) is 14.7. The van der Waals surface area contributed by atoms with Crippen LogP contribution in [-0.4, -0.2) is 21.4 Å². The van der Waals surface area contributed by atoms with Gasteiger partial charge in [0, 0.05) is 18.5 Å². The molecule has 0 fully saturated rings. The smallest absolute Gasteiger partial charge is 0.240 e. The average molecular weight is 369 g/mol. The topological polar surface area (TPSA) is 84.5 Å². The van der Waals surface area contributed by atoms with Gasteiger partial charge in [0.25, 0.3) is 0 Å². The van der Waals surface area contributed by atoms with Crippen LogP contribution in [0.2, 0.25) is 5.02 Å². The van der Waals surface area contributed by atoms with Crippen molar-refractivity contribution in [2.75, 3.05) is 12.4 Å². The highest BCUT2D eigenvalue weighted by Crippen LogP contribution is 2.27. The molecule has 0 saturated carbocycles. The number of halogens is 1. The first kappa shape index (κ1) is 18.3. The van der Waals surface area contributed by atoms with Gasteiger partial charge in [-0.05, 0) is 35.9 Å². The maximum atomic E-state index is 12.4. The van der Waals surface area contributed by atoms with E-state index in [1.54, 1.807) is 24.3 Å². The summed E-state index contributed by atoms with van der Waals surface area (Å²) in [4.78, 5) is 11.3. The van der Waals surface area contributed by atoms with Crippen molar-refractivity contribution < 1.29 is 17.9 Å². The minimum absolute atomic E-state index is 0.0287. The van der Waals surface area contributed by atoms with Gasteiger partial charge < -0.3 is 10.1 Å². The minimum Gasteiger partial charge on any atom is -0.495 e. The van der Waals surface area contributed by atoms with Gasteiger partial charge in [0.1, 0.15) is 5.75 Å². The molecule has 0 atom stereocenters. The van der Waals surface area contributed by atoms with Crippen molar-refractivity contribution >= 4 is 33.2 Å². The van der Waals surface area contributed by atoms with E-state index in [1.165, 1.54) is 32.2 Å². The Kier molecular flexibility index (Phi) is 5.82. The number of hydrogen-bond donors (Lipinski definition) is 2. The van der Waals surface area contributed by atoms with Crippen LogP contribution in [0.4, 0.5) is 5.69 Å². The zero-order valence-electron chi connectivity index (χ0n) is 13.2. The van der Waals surface area contributed by atoms with Gasteiger partial charge in [-0.15, -0.1) is 0 Å². The molecule has 1 amide bonds. The van der Waals surface area contributed by atoms with Crippen LogP contribution < -0.4 is 14.8 Å². The van der Waals surface area contributed by atoms with Crippen molar-refractivity contribution in [1.29, 1.82) is 0 Å². The molecule has 0 heterocycles. The summed E-state index contributed by atoms with van der Waals surface area (Å²) in [5.74, 6) is 0.0545. The van der Waals surface area contributed by atoms with Crippen molar-refractivity contribution in [3.8, 4) is 5.75 Å². The minimum atomic E-state index is -3.74. The Morgan fingerprint density at radius 2 is 1.83 bits per heavy atom. The monoisotopic (exact) mass is 368 g/mol. The molecule has 0 unspecified atom stereocenters. The lowest BCUT2D eigenvalue weighted by Gasteiger charge is -2.12. The Hall–Kier alpha value is -2.09. The molecular formula is C16H17ClN2O4S. The fourth-order valence-electron chi connectivity index (χ4n) is 2.01. The van der Waals surface area contributed by atoms with Crippen LogP contribution in [0, 0.1) is 0 Å². The summed E-state index contributed by atoms with van der Waals surface area (Å²) in [6.07, 6.45) is 0. The number of nitrogens with one attached hydrogen (secondary N) is 2. The van der Waals surface area contributed by atoms with E-state index in [0.29, 0.717) is 16.5 Å². The number of rotatable bonds is 6. The predicted molar refractivity (Wildman–Crippen MR) is 92.8 cm³/mol. The van der Waals surface area contributed by atoms with E-state index >= 15 is 0 Å². The van der Waals surface area contributed by atoms with Gasteiger partial charge in [-0.3, -0.25) is 4.79 Å². The first-order valence-corrected chi connectivity index (χ1v) is 8.87. The van der Waals surface area contributed by atoms with E-state index in [-0.39, 0.29) is 17.3 Å². The Bertz CT molecular complexity index is 836. The maximum absolute atomic E-state index is 12.4. The number of carbonyl (C=O) groups is 1. The molecule has 0 aromatic heterocycles. The standard InChI is InChI=1S/C16H17ClN2O4S/c1-11(20)19-15-9-14(7-8-16(15)23-2)24(21,22)18-10-12-3-5-13(17)6-4-12/h3-9,18H,10H2,1-2H3,(H,19,20). The Morgan fingerprint density at radius 1 is 1.17 bits per heavy atom.